The van der Waals surface area contributed by atoms with Gasteiger partial charge in [0.15, 0.2) is 23.1 Å². The van der Waals surface area contributed by atoms with Crippen LogP contribution in [-0.2, 0) is 28.9 Å². The van der Waals surface area contributed by atoms with Gasteiger partial charge in [-0.15, -0.1) is 0 Å². The maximum atomic E-state index is 13.6. The summed E-state index contributed by atoms with van der Waals surface area (Å²) in [7, 11) is 0. The minimum Gasteiger partial charge on any atom is -0.372 e. The Morgan fingerprint density at radius 1 is 1.00 bits per heavy atom. The van der Waals surface area contributed by atoms with Gasteiger partial charge < -0.3 is 14.5 Å². The summed E-state index contributed by atoms with van der Waals surface area (Å²) >= 11 is 0. The van der Waals surface area contributed by atoms with Crippen LogP contribution in [0.5, 0.6) is 0 Å². The summed E-state index contributed by atoms with van der Waals surface area (Å²) in [6.07, 6.45) is 3.31. The number of piperidine rings is 1. The highest BCUT2D eigenvalue weighted by Crippen LogP contribution is 2.28. The third-order valence-corrected chi connectivity index (χ3v) is 7.62. The Balaban J connectivity index is 1.23. The predicted molar refractivity (Wildman–Crippen MR) is 130 cm³/mol. The van der Waals surface area contributed by atoms with E-state index in [4.69, 9.17) is 4.74 Å². The van der Waals surface area contributed by atoms with Crippen molar-refractivity contribution < 1.29 is 27.9 Å². The lowest BCUT2D eigenvalue weighted by atomic mass is 9.89. The summed E-state index contributed by atoms with van der Waals surface area (Å²) < 4.78 is 34.2. The lowest BCUT2D eigenvalue weighted by molar-refractivity contribution is -0.133. The Morgan fingerprint density at radius 3 is 2.38 bits per heavy atom. The number of nitrogens with zero attached hydrogens (tertiary/aromatic N) is 4. The SMILES string of the molecule is C[C@@H]1CN(C(=O)c2nn(CC(=O)N3CCC(C(=O)c4ccc(F)c(F)c4)CC3)c3c2CCC3)C[C@H](C)O1. The minimum atomic E-state index is -1.04. The molecule has 1 aromatic carbocycles. The topological polar surface area (TPSA) is 84.7 Å². The highest BCUT2D eigenvalue weighted by atomic mass is 19.2. The largest absolute Gasteiger partial charge is 0.372 e. The number of hydrogen-bond acceptors (Lipinski definition) is 5. The molecule has 2 saturated heterocycles. The van der Waals surface area contributed by atoms with Gasteiger partial charge >= 0.3 is 0 Å². The van der Waals surface area contributed by atoms with Crippen molar-refractivity contribution in [3.63, 3.8) is 0 Å². The van der Waals surface area contributed by atoms with Gasteiger partial charge in [0.25, 0.3) is 5.91 Å². The van der Waals surface area contributed by atoms with E-state index in [1.165, 1.54) is 6.07 Å². The van der Waals surface area contributed by atoms with Gasteiger partial charge in [-0.2, -0.15) is 5.10 Å². The number of carbonyl (C=O) groups is 3. The molecule has 8 nitrogen and oxygen atoms in total. The van der Waals surface area contributed by atoms with E-state index in [-0.39, 0.29) is 47.8 Å². The number of ketones is 1. The molecule has 2 fully saturated rings. The van der Waals surface area contributed by atoms with Crippen molar-refractivity contribution in [1.82, 2.24) is 19.6 Å². The second-order valence-corrected chi connectivity index (χ2v) is 10.4. The molecule has 0 radical (unpaired) electrons. The van der Waals surface area contributed by atoms with Crippen LogP contribution in [0.1, 0.15) is 65.2 Å². The summed E-state index contributed by atoms with van der Waals surface area (Å²) in [6, 6.07) is 3.20. The maximum Gasteiger partial charge on any atom is 0.274 e. The first-order valence-electron chi connectivity index (χ1n) is 13.0. The van der Waals surface area contributed by atoms with E-state index in [0.29, 0.717) is 44.7 Å². The van der Waals surface area contributed by atoms with Gasteiger partial charge in [-0.05, 0) is 64.2 Å². The summed E-state index contributed by atoms with van der Waals surface area (Å²) in [5.41, 5.74) is 2.49. The third-order valence-electron chi connectivity index (χ3n) is 7.62. The number of fused-ring (bicyclic) bond motifs is 1. The number of morpholine rings is 1. The van der Waals surface area contributed by atoms with Crippen molar-refractivity contribution in [1.29, 1.82) is 0 Å². The average molecular weight is 515 g/mol. The molecule has 0 unspecified atom stereocenters. The Morgan fingerprint density at radius 2 is 1.70 bits per heavy atom. The van der Waals surface area contributed by atoms with Gasteiger partial charge in [0.05, 0.1) is 12.2 Å². The van der Waals surface area contributed by atoms with Crippen molar-refractivity contribution >= 4 is 17.6 Å². The number of halogens is 2. The standard InChI is InChI=1S/C27H32F2N4O4/c1-16-13-32(14-17(2)37-16)27(36)25-20-4-3-5-23(20)33(30-25)15-24(34)31-10-8-18(9-11-31)26(35)19-6-7-21(28)22(29)12-19/h6-7,12,16-18H,3-5,8-11,13-15H2,1-2H3/t16-,17+. The molecule has 3 heterocycles. The molecular formula is C27H32F2N4O4. The van der Waals surface area contributed by atoms with Crippen molar-refractivity contribution in [3.05, 3.63) is 52.3 Å². The summed E-state index contributed by atoms with van der Waals surface area (Å²) in [6.45, 7) is 5.78. The van der Waals surface area contributed by atoms with Gasteiger partial charge in [-0.3, -0.25) is 19.1 Å². The number of carbonyl (C=O) groups excluding carboxylic acids is 3. The van der Waals surface area contributed by atoms with E-state index in [9.17, 15) is 23.2 Å². The summed E-state index contributed by atoms with van der Waals surface area (Å²) in [5.74, 6) is -2.82. The molecule has 198 valence electrons. The Kier molecular flexibility index (Phi) is 7.11. The number of aromatic nitrogens is 2. The molecule has 1 aliphatic carbocycles. The molecule has 0 saturated carbocycles. The van der Waals surface area contributed by atoms with Crippen molar-refractivity contribution in [2.45, 2.75) is 64.7 Å². The van der Waals surface area contributed by atoms with Gasteiger partial charge in [0.2, 0.25) is 5.91 Å². The highest BCUT2D eigenvalue weighted by Gasteiger charge is 2.34. The molecule has 0 bridgehead atoms. The Labute approximate surface area is 214 Å². The van der Waals surface area contributed by atoms with Crippen LogP contribution >= 0.6 is 0 Å². The van der Waals surface area contributed by atoms with E-state index in [1.807, 2.05) is 13.8 Å². The molecule has 2 amide bonds. The molecular weight excluding hydrogens is 482 g/mol. The van der Waals surface area contributed by atoms with Gasteiger partial charge in [-0.1, -0.05) is 0 Å². The van der Waals surface area contributed by atoms with Gasteiger partial charge in [-0.25, -0.2) is 8.78 Å². The zero-order valence-electron chi connectivity index (χ0n) is 21.2. The fourth-order valence-electron chi connectivity index (χ4n) is 5.81. The lowest BCUT2D eigenvalue weighted by Crippen LogP contribution is -2.48. The molecule has 3 aliphatic rings. The van der Waals surface area contributed by atoms with Crippen LogP contribution in [0.4, 0.5) is 8.78 Å². The van der Waals surface area contributed by atoms with Crippen LogP contribution in [0.3, 0.4) is 0 Å². The van der Waals surface area contributed by atoms with Gasteiger partial charge in [0.1, 0.15) is 6.54 Å². The molecule has 37 heavy (non-hydrogen) atoms. The Hall–Kier alpha value is -3.14. The monoisotopic (exact) mass is 514 g/mol. The number of rotatable bonds is 5. The van der Waals surface area contributed by atoms with Crippen molar-refractivity contribution in [2.75, 3.05) is 26.2 Å². The van der Waals surface area contributed by atoms with E-state index >= 15 is 0 Å². The molecule has 5 rings (SSSR count). The smallest absolute Gasteiger partial charge is 0.274 e. The van der Waals surface area contributed by atoms with E-state index in [0.717, 1.165) is 42.7 Å². The van der Waals surface area contributed by atoms with Crippen LogP contribution < -0.4 is 0 Å². The van der Waals surface area contributed by atoms with Crippen LogP contribution in [0.2, 0.25) is 0 Å². The number of hydrogen-bond donors (Lipinski definition) is 0. The number of benzene rings is 1. The molecule has 1 aromatic heterocycles. The first-order chi connectivity index (χ1) is 17.7. The molecule has 0 N–H and O–H groups in total. The van der Waals surface area contributed by atoms with Crippen LogP contribution in [-0.4, -0.2) is 75.6 Å². The molecule has 2 aliphatic heterocycles. The van der Waals surface area contributed by atoms with E-state index < -0.39 is 11.6 Å². The normalized spacial score (nSPS) is 22.3. The van der Waals surface area contributed by atoms with Crippen molar-refractivity contribution in [3.8, 4) is 0 Å². The number of Topliss-reactive ketones (excluding diaryl/α,β-unsaturated/α-hetero) is 1. The van der Waals surface area contributed by atoms with E-state index in [2.05, 4.69) is 5.10 Å². The molecule has 0 spiro atoms. The highest BCUT2D eigenvalue weighted by molar-refractivity contribution is 5.98. The van der Waals surface area contributed by atoms with Crippen LogP contribution in [0.15, 0.2) is 18.2 Å². The zero-order valence-corrected chi connectivity index (χ0v) is 21.2. The molecule has 10 heteroatoms. The fourth-order valence-corrected chi connectivity index (χ4v) is 5.81. The quantitative estimate of drug-likeness (QED) is 0.573. The molecule has 2 atom stereocenters. The number of likely N-dealkylation sites (tertiary alicyclic amines) is 1. The summed E-state index contributed by atoms with van der Waals surface area (Å²) in [5, 5.41) is 4.61. The fraction of sp³-hybridized carbons (Fsp3) is 0.556. The number of amides is 2. The summed E-state index contributed by atoms with van der Waals surface area (Å²) in [4.78, 5) is 42.7. The third kappa shape index (κ3) is 5.16. The maximum absolute atomic E-state index is 13.6. The average Bonchev–Trinajstić information content (AvgIpc) is 3.48. The van der Waals surface area contributed by atoms with Crippen LogP contribution in [0.25, 0.3) is 0 Å². The first kappa shape index (κ1) is 25.5. The predicted octanol–water partition coefficient (Wildman–Crippen LogP) is 3.02. The molecule has 2 aromatic rings. The number of ether oxygens (including phenoxy) is 1. The minimum absolute atomic E-state index is 0.0405. The van der Waals surface area contributed by atoms with E-state index in [1.54, 1.807) is 14.5 Å². The lowest BCUT2D eigenvalue weighted by Gasteiger charge is -2.35. The second-order valence-electron chi connectivity index (χ2n) is 10.4. The van der Waals surface area contributed by atoms with Gasteiger partial charge in [0, 0.05) is 48.9 Å². The van der Waals surface area contributed by atoms with Crippen LogP contribution in [0, 0.1) is 17.6 Å². The first-order valence-corrected chi connectivity index (χ1v) is 13.0. The second kappa shape index (κ2) is 10.3. The zero-order chi connectivity index (χ0) is 26.3. The Bertz CT molecular complexity index is 1210. The van der Waals surface area contributed by atoms with Crippen molar-refractivity contribution in [2.24, 2.45) is 5.92 Å².